The number of rotatable bonds is 7. The van der Waals surface area contributed by atoms with Gasteiger partial charge in [-0.1, -0.05) is 25.4 Å². The molecule has 0 heterocycles. The second-order valence-corrected chi connectivity index (χ2v) is 6.90. The lowest BCUT2D eigenvalue weighted by atomic mass is 9.78. The van der Waals surface area contributed by atoms with Gasteiger partial charge in [0.1, 0.15) is 5.75 Å². The largest absolute Gasteiger partial charge is 0.494 e. The molecule has 21 heavy (non-hydrogen) atoms. The maximum Gasteiger partial charge on any atom is 0.119 e. The zero-order chi connectivity index (χ0) is 15.1. The minimum Gasteiger partial charge on any atom is -0.494 e. The van der Waals surface area contributed by atoms with E-state index in [1.807, 2.05) is 24.3 Å². The van der Waals surface area contributed by atoms with E-state index in [-0.39, 0.29) is 0 Å². The molecule has 2 nitrogen and oxygen atoms in total. The Labute approximate surface area is 134 Å². The van der Waals surface area contributed by atoms with Gasteiger partial charge in [0.05, 0.1) is 19.2 Å². The fourth-order valence-electron chi connectivity index (χ4n) is 3.25. The highest BCUT2D eigenvalue weighted by Crippen LogP contribution is 2.27. The lowest BCUT2D eigenvalue weighted by molar-refractivity contribution is -0.699. The quantitative estimate of drug-likeness (QED) is 0.760. The average Bonchev–Trinajstić information content (AvgIpc) is 2.49. The van der Waals surface area contributed by atoms with Gasteiger partial charge in [0, 0.05) is 10.9 Å². The van der Waals surface area contributed by atoms with Crippen LogP contribution >= 0.6 is 11.6 Å². The highest BCUT2D eigenvalue weighted by atomic mass is 35.5. The molecule has 3 heteroatoms. The van der Waals surface area contributed by atoms with E-state index in [0.717, 1.165) is 41.7 Å². The highest BCUT2D eigenvalue weighted by molar-refractivity contribution is 6.30. The zero-order valence-electron chi connectivity index (χ0n) is 13.4. The van der Waals surface area contributed by atoms with Crippen molar-refractivity contribution in [1.29, 1.82) is 0 Å². The fraction of sp³-hybridized carbons (Fsp3) is 0.667. The number of quaternary nitrogens is 1. The summed E-state index contributed by atoms with van der Waals surface area (Å²) in [5.74, 6) is 2.68. The van der Waals surface area contributed by atoms with Crippen molar-refractivity contribution in [1.82, 2.24) is 0 Å². The number of unbranched alkanes of at least 4 members (excludes halogenated alkanes) is 1. The van der Waals surface area contributed by atoms with Crippen molar-refractivity contribution in [2.45, 2.75) is 52.0 Å². The summed E-state index contributed by atoms with van der Waals surface area (Å²) in [6, 6.07) is 8.44. The molecule has 1 aromatic rings. The summed E-state index contributed by atoms with van der Waals surface area (Å²) in [7, 11) is 0. The Balaban J connectivity index is 1.55. The molecule has 1 saturated carbocycles. The molecule has 0 amide bonds. The first-order valence-electron chi connectivity index (χ1n) is 8.38. The highest BCUT2D eigenvalue weighted by Gasteiger charge is 2.29. The molecule has 0 saturated heterocycles. The lowest BCUT2D eigenvalue weighted by Crippen LogP contribution is -2.92. The smallest absolute Gasteiger partial charge is 0.119 e. The van der Waals surface area contributed by atoms with Crippen LogP contribution in [0.1, 0.15) is 46.0 Å². The molecule has 1 aromatic carbocycles. The Bertz CT molecular complexity index is 406. The van der Waals surface area contributed by atoms with Crippen LogP contribution in [0.25, 0.3) is 0 Å². The van der Waals surface area contributed by atoms with Crippen molar-refractivity contribution in [2.75, 3.05) is 13.2 Å². The Morgan fingerprint density at radius 3 is 2.67 bits per heavy atom. The van der Waals surface area contributed by atoms with E-state index in [2.05, 4.69) is 19.2 Å². The van der Waals surface area contributed by atoms with Gasteiger partial charge in [-0.25, -0.2) is 0 Å². The van der Waals surface area contributed by atoms with Gasteiger partial charge in [0.2, 0.25) is 0 Å². The van der Waals surface area contributed by atoms with Crippen LogP contribution in [-0.2, 0) is 0 Å². The van der Waals surface area contributed by atoms with Crippen LogP contribution in [0.3, 0.4) is 0 Å². The number of benzene rings is 1. The summed E-state index contributed by atoms with van der Waals surface area (Å²) >= 11 is 5.85. The van der Waals surface area contributed by atoms with Crippen LogP contribution in [0.2, 0.25) is 5.02 Å². The molecule has 0 radical (unpaired) electrons. The van der Waals surface area contributed by atoms with Gasteiger partial charge in [-0.05, 0) is 62.3 Å². The van der Waals surface area contributed by atoms with Gasteiger partial charge in [0.15, 0.2) is 0 Å². The molecule has 1 fully saturated rings. The third-order valence-electron chi connectivity index (χ3n) is 4.92. The summed E-state index contributed by atoms with van der Waals surface area (Å²) in [5, 5.41) is 3.33. The number of nitrogens with two attached hydrogens (primary N) is 1. The predicted octanol–water partition coefficient (Wildman–Crippen LogP) is 3.89. The number of hydrogen-bond acceptors (Lipinski definition) is 1. The molecule has 3 atom stereocenters. The van der Waals surface area contributed by atoms with Gasteiger partial charge in [-0.2, -0.15) is 0 Å². The molecule has 1 aliphatic rings. The van der Waals surface area contributed by atoms with Crippen LogP contribution < -0.4 is 10.1 Å². The Morgan fingerprint density at radius 1 is 1.14 bits per heavy atom. The summed E-state index contributed by atoms with van der Waals surface area (Å²) in [6.07, 6.45) is 6.57. The summed E-state index contributed by atoms with van der Waals surface area (Å²) in [6.45, 7) is 6.86. The first-order chi connectivity index (χ1) is 10.2. The van der Waals surface area contributed by atoms with E-state index < -0.39 is 0 Å². The zero-order valence-corrected chi connectivity index (χ0v) is 14.1. The first-order valence-corrected chi connectivity index (χ1v) is 8.76. The third-order valence-corrected chi connectivity index (χ3v) is 5.17. The maximum atomic E-state index is 5.85. The third kappa shape index (κ3) is 5.52. The molecule has 0 spiro atoms. The normalized spacial score (nSPS) is 25.8. The van der Waals surface area contributed by atoms with E-state index in [0.29, 0.717) is 0 Å². The van der Waals surface area contributed by atoms with Crippen molar-refractivity contribution in [3.8, 4) is 5.75 Å². The van der Waals surface area contributed by atoms with Gasteiger partial charge < -0.3 is 10.1 Å². The predicted molar refractivity (Wildman–Crippen MR) is 88.9 cm³/mol. The topological polar surface area (TPSA) is 25.8 Å². The number of ether oxygens (including phenoxy) is 1. The summed E-state index contributed by atoms with van der Waals surface area (Å²) < 4.78 is 5.72. The molecule has 0 unspecified atom stereocenters. The number of halogens is 1. The molecule has 118 valence electrons. The van der Waals surface area contributed by atoms with E-state index in [4.69, 9.17) is 16.3 Å². The second-order valence-electron chi connectivity index (χ2n) is 6.47. The van der Waals surface area contributed by atoms with Crippen molar-refractivity contribution in [2.24, 2.45) is 11.8 Å². The monoisotopic (exact) mass is 310 g/mol. The fourth-order valence-corrected chi connectivity index (χ4v) is 3.38. The molecule has 0 bridgehead atoms. The van der Waals surface area contributed by atoms with Gasteiger partial charge in [-0.15, -0.1) is 0 Å². The van der Waals surface area contributed by atoms with E-state index >= 15 is 0 Å². The Morgan fingerprint density at radius 2 is 1.90 bits per heavy atom. The van der Waals surface area contributed by atoms with Crippen LogP contribution in [0.4, 0.5) is 0 Å². The van der Waals surface area contributed by atoms with Crippen LogP contribution in [-0.4, -0.2) is 19.2 Å². The minimum absolute atomic E-state index is 0.757. The number of hydrogen-bond donors (Lipinski definition) is 1. The van der Waals surface area contributed by atoms with Crippen LogP contribution in [0, 0.1) is 11.8 Å². The molecule has 0 aromatic heterocycles. The molecular weight excluding hydrogens is 282 g/mol. The Kier molecular flexibility index (Phi) is 6.85. The van der Waals surface area contributed by atoms with Crippen molar-refractivity contribution >= 4 is 11.6 Å². The molecule has 1 aliphatic carbocycles. The maximum absolute atomic E-state index is 5.85. The molecular formula is C18H29ClNO+. The standard InChI is InChI=1S/C18H28ClNO/c1-14-6-5-7-18(15(14)2)20-12-3-4-13-21-17-10-8-16(19)9-11-17/h8-11,14-15,18,20H,3-7,12-13H2,1-2H3/p+1/t14-,15-,18-/m0/s1. The van der Waals surface area contributed by atoms with Gasteiger partial charge in [0.25, 0.3) is 0 Å². The van der Waals surface area contributed by atoms with Crippen LogP contribution in [0.5, 0.6) is 5.75 Å². The van der Waals surface area contributed by atoms with Crippen LogP contribution in [0.15, 0.2) is 24.3 Å². The van der Waals surface area contributed by atoms with Gasteiger partial charge >= 0.3 is 0 Å². The first kappa shape index (κ1) is 16.6. The molecule has 2 N–H and O–H groups in total. The van der Waals surface area contributed by atoms with Crippen molar-refractivity contribution in [3.63, 3.8) is 0 Å². The van der Waals surface area contributed by atoms with Gasteiger partial charge in [-0.3, -0.25) is 0 Å². The van der Waals surface area contributed by atoms with Crippen molar-refractivity contribution in [3.05, 3.63) is 29.3 Å². The van der Waals surface area contributed by atoms with E-state index in [1.165, 1.54) is 32.2 Å². The minimum atomic E-state index is 0.757. The van der Waals surface area contributed by atoms with Crippen molar-refractivity contribution < 1.29 is 10.1 Å². The summed E-state index contributed by atoms with van der Waals surface area (Å²) in [5.41, 5.74) is 0. The van der Waals surface area contributed by atoms with E-state index in [9.17, 15) is 0 Å². The lowest BCUT2D eigenvalue weighted by Gasteiger charge is -2.32. The second kappa shape index (κ2) is 8.65. The molecule has 0 aliphatic heterocycles. The molecule has 2 rings (SSSR count). The average molecular weight is 311 g/mol. The van der Waals surface area contributed by atoms with E-state index in [1.54, 1.807) is 0 Å². The summed E-state index contributed by atoms with van der Waals surface area (Å²) in [4.78, 5) is 0. The SMILES string of the molecule is C[C@@H]1[C@@H]([NH2+]CCCCOc2ccc(Cl)cc2)CCC[C@@H]1C. The Hall–Kier alpha value is -0.730.